The van der Waals surface area contributed by atoms with E-state index in [2.05, 4.69) is 85.8 Å². The first kappa shape index (κ1) is 25.1. The molecule has 36 heavy (non-hydrogen) atoms. The van der Waals surface area contributed by atoms with Gasteiger partial charge >= 0.3 is 0 Å². The molecule has 1 aromatic carbocycles. The highest BCUT2D eigenvalue weighted by Gasteiger charge is 2.55. The first-order valence-corrected chi connectivity index (χ1v) is 13.1. The summed E-state index contributed by atoms with van der Waals surface area (Å²) in [5, 5.41) is 20.9. The number of rotatable bonds is 8. The molecular weight excluding hydrogens is 448 g/mol. The van der Waals surface area contributed by atoms with Crippen LogP contribution in [-0.4, -0.2) is 56.9 Å². The average molecular weight is 489 g/mol. The van der Waals surface area contributed by atoms with Crippen molar-refractivity contribution >= 4 is 0 Å². The van der Waals surface area contributed by atoms with Crippen LogP contribution in [0.3, 0.4) is 0 Å². The summed E-state index contributed by atoms with van der Waals surface area (Å²) in [6, 6.07) is 10.9. The van der Waals surface area contributed by atoms with Crippen LogP contribution in [-0.2, 0) is 11.1 Å². The molecule has 1 aliphatic carbocycles. The Kier molecular flexibility index (Phi) is 6.09. The Morgan fingerprint density at radius 2 is 1.75 bits per heavy atom. The first-order valence-electron chi connectivity index (χ1n) is 13.1. The summed E-state index contributed by atoms with van der Waals surface area (Å²) >= 11 is 0. The third-order valence-electron chi connectivity index (χ3n) is 8.23. The van der Waals surface area contributed by atoms with E-state index in [1.165, 1.54) is 5.56 Å². The molecule has 1 atom stereocenters. The van der Waals surface area contributed by atoms with E-state index in [1.54, 1.807) is 6.20 Å². The number of nitrogens with zero attached hydrogens (tertiary/aromatic N) is 5. The predicted octanol–water partition coefficient (Wildman–Crippen LogP) is 4.44. The lowest BCUT2D eigenvalue weighted by atomic mass is 9.62. The van der Waals surface area contributed by atoms with Gasteiger partial charge in [0.1, 0.15) is 11.4 Å². The zero-order chi connectivity index (χ0) is 25.9. The second-order valence-corrected chi connectivity index (χ2v) is 12.0. The van der Waals surface area contributed by atoms with Crippen LogP contribution >= 0.6 is 0 Å². The van der Waals surface area contributed by atoms with E-state index in [9.17, 15) is 5.11 Å². The molecule has 2 N–H and O–H groups in total. The lowest BCUT2D eigenvalue weighted by Crippen LogP contribution is -2.63. The Balaban J connectivity index is 1.60. The molecule has 0 unspecified atom stereocenters. The van der Waals surface area contributed by atoms with Gasteiger partial charge in [-0.2, -0.15) is 5.10 Å². The van der Waals surface area contributed by atoms with Crippen molar-refractivity contribution in [2.75, 3.05) is 27.2 Å². The van der Waals surface area contributed by atoms with Gasteiger partial charge in [0.2, 0.25) is 0 Å². The quantitative estimate of drug-likeness (QED) is 0.488. The van der Waals surface area contributed by atoms with Crippen molar-refractivity contribution in [1.82, 2.24) is 30.0 Å². The number of hydrogen-bond donors (Lipinski definition) is 2. The van der Waals surface area contributed by atoms with E-state index < -0.39 is 5.60 Å². The zero-order valence-electron chi connectivity index (χ0n) is 22.7. The van der Waals surface area contributed by atoms with Crippen LogP contribution in [0.2, 0.25) is 0 Å². The molecule has 7 heteroatoms. The van der Waals surface area contributed by atoms with Crippen LogP contribution < -0.4 is 5.32 Å². The van der Waals surface area contributed by atoms with Crippen molar-refractivity contribution < 1.29 is 5.11 Å². The minimum Gasteiger partial charge on any atom is -0.380 e. The molecule has 5 rings (SSSR count). The maximum Gasteiger partial charge on any atom is 0.183 e. The van der Waals surface area contributed by atoms with Crippen LogP contribution in [0.4, 0.5) is 0 Å². The van der Waals surface area contributed by atoms with Crippen molar-refractivity contribution in [3.63, 3.8) is 0 Å². The molecular formula is C29H40N6O. The van der Waals surface area contributed by atoms with Crippen LogP contribution in [0.5, 0.6) is 0 Å². The van der Waals surface area contributed by atoms with E-state index >= 15 is 0 Å². The van der Waals surface area contributed by atoms with Crippen molar-refractivity contribution in [3.8, 4) is 11.4 Å². The van der Waals surface area contributed by atoms with Gasteiger partial charge in [0, 0.05) is 42.0 Å². The lowest BCUT2D eigenvalue weighted by Gasteiger charge is -2.55. The maximum atomic E-state index is 12.6. The number of aromatic nitrogens is 4. The van der Waals surface area contributed by atoms with Gasteiger partial charge in [-0.1, -0.05) is 45.0 Å². The van der Waals surface area contributed by atoms with E-state index in [1.807, 2.05) is 19.3 Å². The third kappa shape index (κ3) is 4.07. The molecule has 1 saturated carbocycles. The maximum absolute atomic E-state index is 12.6. The highest BCUT2D eigenvalue weighted by molar-refractivity contribution is 5.56. The molecule has 0 amide bonds. The largest absolute Gasteiger partial charge is 0.380 e. The molecule has 2 fully saturated rings. The van der Waals surface area contributed by atoms with Gasteiger partial charge in [0.25, 0.3) is 0 Å². The summed E-state index contributed by atoms with van der Waals surface area (Å²) in [6.07, 6.45) is 5.88. The molecule has 3 aromatic rings. The average Bonchev–Trinajstić information content (AvgIpc) is 3.60. The van der Waals surface area contributed by atoms with Gasteiger partial charge in [-0.05, 0) is 63.9 Å². The van der Waals surface area contributed by atoms with E-state index in [-0.39, 0.29) is 11.0 Å². The molecule has 2 aromatic heterocycles. The summed E-state index contributed by atoms with van der Waals surface area (Å²) in [6.45, 7) is 12.4. The fraction of sp³-hybridized carbons (Fsp3) is 0.552. The molecule has 1 aliphatic heterocycles. The van der Waals surface area contributed by atoms with E-state index in [4.69, 9.17) is 10.1 Å². The van der Waals surface area contributed by atoms with Crippen molar-refractivity contribution in [1.29, 1.82) is 0 Å². The van der Waals surface area contributed by atoms with Crippen LogP contribution in [0.1, 0.15) is 81.9 Å². The van der Waals surface area contributed by atoms with Crippen molar-refractivity contribution in [3.05, 3.63) is 65.2 Å². The van der Waals surface area contributed by atoms with Gasteiger partial charge in [-0.15, -0.1) is 0 Å². The molecule has 3 heterocycles. The molecule has 7 nitrogen and oxygen atoms in total. The van der Waals surface area contributed by atoms with Gasteiger partial charge < -0.3 is 15.3 Å². The molecule has 0 radical (unpaired) electrons. The minimum atomic E-state index is -1.19. The Bertz CT molecular complexity index is 1240. The van der Waals surface area contributed by atoms with Crippen LogP contribution in [0, 0.1) is 5.41 Å². The molecule has 0 spiro atoms. The Labute approximate surface area is 215 Å². The first-order chi connectivity index (χ1) is 17.0. The van der Waals surface area contributed by atoms with Gasteiger partial charge in [-0.25, -0.2) is 9.67 Å². The highest BCUT2D eigenvalue weighted by atomic mass is 16.3. The Hall–Kier alpha value is -2.61. The van der Waals surface area contributed by atoms with Crippen molar-refractivity contribution in [2.45, 2.75) is 70.6 Å². The summed E-state index contributed by atoms with van der Waals surface area (Å²) in [4.78, 5) is 11.8. The summed E-state index contributed by atoms with van der Waals surface area (Å²) in [5.41, 5.74) is 1.93. The van der Waals surface area contributed by atoms with Crippen LogP contribution in [0.15, 0.2) is 42.7 Å². The number of nitrogens with one attached hydrogen (secondary N) is 1. The smallest absolute Gasteiger partial charge is 0.183 e. The number of hydrogen-bond acceptors (Lipinski definition) is 6. The van der Waals surface area contributed by atoms with Crippen molar-refractivity contribution in [2.24, 2.45) is 5.41 Å². The van der Waals surface area contributed by atoms with Crippen LogP contribution in [0.25, 0.3) is 11.4 Å². The lowest BCUT2D eigenvalue weighted by molar-refractivity contribution is -0.127. The number of benzene rings is 1. The van der Waals surface area contributed by atoms with E-state index in [0.717, 1.165) is 48.4 Å². The summed E-state index contributed by atoms with van der Waals surface area (Å²) in [7, 11) is 4.05. The molecule has 0 bridgehead atoms. The molecule has 2 aliphatic rings. The number of likely N-dealkylation sites (tertiary alicyclic amines) is 1. The standard InChI is InChI=1S/C29H40N6O/c1-19(2)20-8-10-22(11-9-20)29(36,28(5)17-34(7)18-28)23-14-21(15-31-16-23)25-32-26(27(3,4)30-6)35(33-25)24-12-13-24/h8-11,14-16,19,24,30,36H,12-13,17-18H2,1-7H3/t29-/m0/s1. The number of aliphatic hydroxyl groups is 1. The van der Waals surface area contributed by atoms with Gasteiger partial charge in [0.05, 0.1) is 11.6 Å². The SMILES string of the molecule is CNC(C)(C)c1nc(-c2cncc([C@@](O)(c3ccc(C(C)C)cc3)C3(C)CN(C)C3)c2)nn1C1CC1. The fourth-order valence-corrected chi connectivity index (χ4v) is 5.66. The molecule has 1 saturated heterocycles. The van der Waals surface area contributed by atoms with Gasteiger partial charge in [0.15, 0.2) is 5.82 Å². The topological polar surface area (TPSA) is 79.1 Å². The Morgan fingerprint density at radius 1 is 1.08 bits per heavy atom. The zero-order valence-corrected chi connectivity index (χ0v) is 22.7. The number of pyridine rings is 1. The molecule has 192 valence electrons. The third-order valence-corrected chi connectivity index (χ3v) is 8.23. The second-order valence-electron chi connectivity index (χ2n) is 12.0. The summed E-state index contributed by atoms with van der Waals surface area (Å²) in [5.74, 6) is 2.02. The Morgan fingerprint density at radius 3 is 2.31 bits per heavy atom. The second kappa shape index (κ2) is 8.75. The van der Waals surface area contributed by atoms with Gasteiger partial charge in [-0.3, -0.25) is 4.98 Å². The monoisotopic (exact) mass is 488 g/mol. The predicted molar refractivity (Wildman–Crippen MR) is 143 cm³/mol. The van der Waals surface area contributed by atoms with E-state index in [0.29, 0.717) is 17.8 Å². The highest BCUT2D eigenvalue weighted by Crippen LogP contribution is 2.50. The minimum absolute atomic E-state index is 0.304. The fourth-order valence-electron chi connectivity index (χ4n) is 5.66. The summed E-state index contributed by atoms with van der Waals surface area (Å²) < 4.78 is 2.08. The normalized spacial score (nSPS) is 19.8.